The van der Waals surface area contributed by atoms with Gasteiger partial charge in [0.2, 0.25) is 0 Å². The summed E-state index contributed by atoms with van der Waals surface area (Å²) in [5.41, 5.74) is 5.07. The van der Waals surface area contributed by atoms with Crippen molar-refractivity contribution in [2.75, 3.05) is 27.2 Å². The normalized spacial score (nSPS) is 13.7. The summed E-state index contributed by atoms with van der Waals surface area (Å²) in [5, 5.41) is 3.66. The molecule has 0 aliphatic heterocycles. The Balaban J connectivity index is 2.97. The Hall–Kier alpha value is -2.00. The van der Waals surface area contributed by atoms with Crippen molar-refractivity contribution in [1.82, 2.24) is 10.2 Å². The van der Waals surface area contributed by atoms with Crippen LogP contribution in [0.2, 0.25) is 0 Å². The van der Waals surface area contributed by atoms with Crippen LogP contribution in [0.25, 0.3) is 6.08 Å². The molecule has 186 valence electrons. The van der Waals surface area contributed by atoms with Gasteiger partial charge in [-0.25, -0.2) is 0 Å². The molecule has 1 aromatic rings. The number of unbranched alkanes of at least 4 members (excludes halogenated alkanes) is 1. The highest BCUT2D eigenvalue weighted by Gasteiger charge is 2.09. The second-order valence-electron chi connectivity index (χ2n) is 9.36. The molecule has 1 unspecified atom stereocenters. The standard InChI is InChI=1S/C30H50N2O/c1-9-13-20-33-30-17-16-27(22-28(30)23-31-19-18-26(11-3)12-4)15-14-25(6)29(32(7)8)21-24(5)10-2/h10,14-17,21-22,25-26,31H,9,11-13,18-20,23H2,1-8H3/b15-14+,24-10-,29-21+. The maximum atomic E-state index is 6.12. The topological polar surface area (TPSA) is 24.5 Å². The number of allylic oxidation sites excluding steroid dienone is 4. The van der Waals surface area contributed by atoms with Crippen LogP contribution in [-0.2, 0) is 6.54 Å². The van der Waals surface area contributed by atoms with Gasteiger partial charge in [-0.3, -0.25) is 0 Å². The number of ether oxygens (including phenoxy) is 1. The van der Waals surface area contributed by atoms with Gasteiger partial charge in [0, 0.05) is 37.8 Å². The molecule has 1 atom stereocenters. The number of rotatable bonds is 16. The molecule has 0 saturated carbocycles. The van der Waals surface area contributed by atoms with E-state index < -0.39 is 0 Å². The Morgan fingerprint density at radius 3 is 2.48 bits per heavy atom. The average molecular weight is 455 g/mol. The van der Waals surface area contributed by atoms with E-state index in [1.165, 1.54) is 41.7 Å². The molecule has 0 aliphatic rings. The lowest BCUT2D eigenvalue weighted by Crippen LogP contribution is -2.18. The SMILES string of the molecule is C/C=C(C)\C=C(/C(C)/C=C/c1ccc(OCCCC)c(CNCCC(CC)CC)c1)N(C)C. The zero-order valence-corrected chi connectivity index (χ0v) is 22.7. The fraction of sp³-hybridized carbons (Fsp3) is 0.600. The third-order valence-electron chi connectivity index (χ3n) is 6.43. The van der Waals surface area contributed by atoms with E-state index >= 15 is 0 Å². The molecule has 0 fully saturated rings. The molecule has 0 aromatic heterocycles. The van der Waals surface area contributed by atoms with E-state index in [0.717, 1.165) is 44.2 Å². The summed E-state index contributed by atoms with van der Waals surface area (Å²) >= 11 is 0. The van der Waals surface area contributed by atoms with Crippen LogP contribution in [0.4, 0.5) is 0 Å². The molecular weight excluding hydrogens is 404 g/mol. The van der Waals surface area contributed by atoms with Crippen molar-refractivity contribution in [3.63, 3.8) is 0 Å². The first kappa shape index (κ1) is 29.0. The van der Waals surface area contributed by atoms with E-state index in [2.05, 4.69) is 108 Å². The van der Waals surface area contributed by atoms with Crippen molar-refractivity contribution < 1.29 is 4.74 Å². The molecule has 0 heterocycles. The highest BCUT2D eigenvalue weighted by molar-refractivity contribution is 5.54. The number of hydrogen-bond donors (Lipinski definition) is 1. The fourth-order valence-corrected chi connectivity index (χ4v) is 3.87. The lowest BCUT2D eigenvalue weighted by atomic mass is 9.99. The molecule has 0 radical (unpaired) electrons. The molecule has 3 nitrogen and oxygen atoms in total. The van der Waals surface area contributed by atoms with Gasteiger partial charge in [-0.2, -0.15) is 0 Å². The first-order valence-corrected chi connectivity index (χ1v) is 13.0. The molecule has 0 amide bonds. The predicted molar refractivity (Wildman–Crippen MR) is 147 cm³/mol. The summed E-state index contributed by atoms with van der Waals surface area (Å²) in [7, 11) is 4.24. The molecule has 0 aliphatic carbocycles. The minimum absolute atomic E-state index is 0.331. The van der Waals surface area contributed by atoms with Crippen molar-refractivity contribution in [3.05, 3.63) is 58.8 Å². The fourth-order valence-electron chi connectivity index (χ4n) is 3.87. The summed E-state index contributed by atoms with van der Waals surface area (Å²) in [6.07, 6.45) is 15.0. The van der Waals surface area contributed by atoms with Crippen molar-refractivity contribution in [2.24, 2.45) is 11.8 Å². The number of nitrogens with zero attached hydrogens (tertiary/aromatic N) is 1. The smallest absolute Gasteiger partial charge is 0.123 e. The molecule has 0 saturated heterocycles. The summed E-state index contributed by atoms with van der Waals surface area (Å²) in [4.78, 5) is 2.21. The first-order valence-electron chi connectivity index (χ1n) is 13.0. The van der Waals surface area contributed by atoms with E-state index in [0.29, 0.717) is 5.92 Å². The third kappa shape index (κ3) is 11.1. The second-order valence-corrected chi connectivity index (χ2v) is 9.36. The van der Waals surface area contributed by atoms with Gasteiger partial charge in [0.25, 0.3) is 0 Å². The van der Waals surface area contributed by atoms with Gasteiger partial charge >= 0.3 is 0 Å². The highest BCUT2D eigenvalue weighted by atomic mass is 16.5. The summed E-state index contributed by atoms with van der Waals surface area (Å²) in [5.74, 6) is 2.16. The van der Waals surface area contributed by atoms with Crippen molar-refractivity contribution >= 4 is 6.08 Å². The number of benzene rings is 1. The van der Waals surface area contributed by atoms with Gasteiger partial charge in [-0.05, 0) is 62.9 Å². The quantitative estimate of drug-likeness (QED) is 0.203. The maximum Gasteiger partial charge on any atom is 0.123 e. The first-order chi connectivity index (χ1) is 15.9. The summed E-state index contributed by atoms with van der Waals surface area (Å²) < 4.78 is 6.12. The van der Waals surface area contributed by atoms with Crippen LogP contribution in [0.5, 0.6) is 5.75 Å². The zero-order valence-electron chi connectivity index (χ0n) is 22.7. The van der Waals surface area contributed by atoms with Gasteiger partial charge in [-0.15, -0.1) is 0 Å². The van der Waals surface area contributed by atoms with E-state index in [4.69, 9.17) is 4.74 Å². The molecule has 3 heteroatoms. The molecule has 1 rings (SSSR count). The van der Waals surface area contributed by atoms with Gasteiger partial charge in [0.05, 0.1) is 6.61 Å². The summed E-state index contributed by atoms with van der Waals surface area (Å²) in [6, 6.07) is 6.60. The Morgan fingerprint density at radius 2 is 1.88 bits per heavy atom. The van der Waals surface area contributed by atoms with E-state index in [9.17, 15) is 0 Å². The van der Waals surface area contributed by atoms with Crippen LogP contribution in [0, 0.1) is 11.8 Å². The van der Waals surface area contributed by atoms with Crippen molar-refractivity contribution in [1.29, 1.82) is 0 Å². The predicted octanol–water partition coefficient (Wildman–Crippen LogP) is 7.84. The van der Waals surface area contributed by atoms with Crippen LogP contribution in [0.15, 0.2) is 47.7 Å². The minimum Gasteiger partial charge on any atom is -0.493 e. The van der Waals surface area contributed by atoms with Gasteiger partial charge < -0.3 is 15.0 Å². The number of hydrogen-bond acceptors (Lipinski definition) is 3. The lowest BCUT2D eigenvalue weighted by molar-refractivity contribution is 0.305. The Morgan fingerprint density at radius 1 is 1.15 bits per heavy atom. The second kappa shape index (κ2) is 16.6. The Kier molecular flexibility index (Phi) is 14.6. The van der Waals surface area contributed by atoms with Crippen LogP contribution in [0.3, 0.4) is 0 Å². The van der Waals surface area contributed by atoms with Crippen LogP contribution in [-0.4, -0.2) is 32.1 Å². The van der Waals surface area contributed by atoms with Crippen LogP contribution >= 0.6 is 0 Å². The minimum atomic E-state index is 0.331. The molecule has 1 N–H and O–H groups in total. The van der Waals surface area contributed by atoms with Crippen molar-refractivity contribution in [2.45, 2.75) is 80.2 Å². The monoisotopic (exact) mass is 454 g/mol. The van der Waals surface area contributed by atoms with Gasteiger partial charge in [0.15, 0.2) is 0 Å². The van der Waals surface area contributed by atoms with Crippen LogP contribution < -0.4 is 10.1 Å². The zero-order chi connectivity index (χ0) is 24.6. The Labute approximate surface area is 205 Å². The maximum absolute atomic E-state index is 6.12. The van der Waals surface area contributed by atoms with E-state index in [1.54, 1.807) is 0 Å². The van der Waals surface area contributed by atoms with E-state index in [1.807, 2.05) is 0 Å². The van der Waals surface area contributed by atoms with Crippen molar-refractivity contribution in [3.8, 4) is 5.75 Å². The Bertz CT molecular complexity index is 757. The molecule has 0 spiro atoms. The van der Waals surface area contributed by atoms with Gasteiger partial charge in [0.1, 0.15) is 5.75 Å². The lowest BCUT2D eigenvalue weighted by Gasteiger charge is -2.22. The van der Waals surface area contributed by atoms with Gasteiger partial charge in [-0.1, -0.05) is 76.8 Å². The molecular formula is C30H50N2O. The van der Waals surface area contributed by atoms with E-state index in [-0.39, 0.29) is 0 Å². The molecule has 33 heavy (non-hydrogen) atoms. The molecule has 0 bridgehead atoms. The highest BCUT2D eigenvalue weighted by Crippen LogP contribution is 2.24. The largest absolute Gasteiger partial charge is 0.493 e. The average Bonchev–Trinajstić information content (AvgIpc) is 2.81. The number of nitrogens with one attached hydrogen (secondary N) is 1. The third-order valence-corrected chi connectivity index (χ3v) is 6.43. The van der Waals surface area contributed by atoms with Crippen LogP contribution in [0.1, 0.15) is 84.8 Å². The summed E-state index contributed by atoms with van der Waals surface area (Å²) in [6.45, 7) is 16.0. The molecule has 1 aromatic carbocycles.